The molecule has 18 heavy (non-hydrogen) atoms. The summed E-state index contributed by atoms with van der Waals surface area (Å²) in [4.78, 5) is 12.6. The standard InChI is InChI=1S/C13H18N4O/c1-3-5-17-6-4-14-13(17)7-12(18)11-9-15-10(2)8-16-11/h4,6,8-9,12,18H,3,5,7H2,1-2H3. The average Bonchev–Trinajstić information content (AvgIpc) is 2.78. The van der Waals surface area contributed by atoms with E-state index >= 15 is 0 Å². The molecule has 0 spiro atoms. The van der Waals surface area contributed by atoms with Gasteiger partial charge in [0.1, 0.15) is 11.9 Å². The van der Waals surface area contributed by atoms with E-state index in [0.29, 0.717) is 12.1 Å². The fourth-order valence-electron chi connectivity index (χ4n) is 1.83. The molecular formula is C13H18N4O. The Balaban J connectivity index is 2.08. The number of rotatable bonds is 5. The highest BCUT2D eigenvalue weighted by atomic mass is 16.3. The molecule has 0 aromatic carbocycles. The van der Waals surface area contributed by atoms with E-state index < -0.39 is 6.10 Å². The predicted molar refractivity (Wildman–Crippen MR) is 68.0 cm³/mol. The molecule has 0 saturated heterocycles. The highest BCUT2D eigenvalue weighted by Gasteiger charge is 2.13. The topological polar surface area (TPSA) is 63.8 Å². The van der Waals surface area contributed by atoms with Crippen molar-refractivity contribution in [1.82, 2.24) is 19.5 Å². The van der Waals surface area contributed by atoms with Crippen LogP contribution in [0.15, 0.2) is 24.8 Å². The minimum Gasteiger partial charge on any atom is -0.386 e. The maximum absolute atomic E-state index is 10.1. The number of aryl methyl sites for hydroxylation is 2. The van der Waals surface area contributed by atoms with Crippen molar-refractivity contribution < 1.29 is 5.11 Å². The summed E-state index contributed by atoms with van der Waals surface area (Å²) in [5, 5.41) is 10.1. The van der Waals surface area contributed by atoms with Gasteiger partial charge in [-0.2, -0.15) is 0 Å². The molecule has 0 amide bonds. The van der Waals surface area contributed by atoms with Crippen LogP contribution in [0.3, 0.4) is 0 Å². The Labute approximate surface area is 107 Å². The average molecular weight is 246 g/mol. The lowest BCUT2D eigenvalue weighted by Gasteiger charge is -2.11. The van der Waals surface area contributed by atoms with Gasteiger partial charge in [-0.3, -0.25) is 9.97 Å². The Morgan fingerprint density at radius 2 is 2.11 bits per heavy atom. The summed E-state index contributed by atoms with van der Waals surface area (Å²) >= 11 is 0. The Kier molecular flexibility index (Phi) is 4.04. The molecule has 0 saturated carbocycles. The van der Waals surface area contributed by atoms with Gasteiger partial charge in [0.05, 0.1) is 17.6 Å². The summed E-state index contributed by atoms with van der Waals surface area (Å²) in [7, 11) is 0. The van der Waals surface area contributed by atoms with Gasteiger partial charge in [0.25, 0.3) is 0 Å². The second kappa shape index (κ2) is 5.73. The smallest absolute Gasteiger partial charge is 0.111 e. The number of aliphatic hydroxyl groups is 1. The fourth-order valence-corrected chi connectivity index (χ4v) is 1.83. The number of hydrogen-bond donors (Lipinski definition) is 1. The second-order valence-corrected chi connectivity index (χ2v) is 4.34. The molecule has 2 aromatic rings. The van der Waals surface area contributed by atoms with Gasteiger partial charge in [-0.05, 0) is 13.3 Å². The number of aromatic nitrogens is 4. The van der Waals surface area contributed by atoms with Crippen LogP contribution in [-0.4, -0.2) is 24.6 Å². The fraction of sp³-hybridized carbons (Fsp3) is 0.462. The van der Waals surface area contributed by atoms with Crippen LogP contribution in [0.25, 0.3) is 0 Å². The van der Waals surface area contributed by atoms with E-state index in [0.717, 1.165) is 24.5 Å². The van der Waals surface area contributed by atoms with Crippen LogP contribution in [0.1, 0.15) is 36.7 Å². The van der Waals surface area contributed by atoms with E-state index in [9.17, 15) is 5.11 Å². The lowest BCUT2D eigenvalue weighted by atomic mass is 10.2. The molecule has 2 rings (SSSR count). The molecule has 0 aliphatic rings. The van der Waals surface area contributed by atoms with Gasteiger partial charge in [0.15, 0.2) is 0 Å². The van der Waals surface area contributed by atoms with Gasteiger partial charge in [0.2, 0.25) is 0 Å². The molecule has 0 aliphatic carbocycles. The molecule has 5 nitrogen and oxygen atoms in total. The molecule has 2 aromatic heterocycles. The number of hydrogen-bond acceptors (Lipinski definition) is 4. The van der Waals surface area contributed by atoms with Crippen LogP contribution >= 0.6 is 0 Å². The summed E-state index contributed by atoms with van der Waals surface area (Å²) in [5.41, 5.74) is 1.44. The van der Waals surface area contributed by atoms with Crippen LogP contribution in [0.5, 0.6) is 0 Å². The Hall–Kier alpha value is -1.75. The minimum absolute atomic E-state index is 0.463. The molecule has 1 N–H and O–H groups in total. The summed E-state index contributed by atoms with van der Waals surface area (Å²) in [5.74, 6) is 0.881. The van der Waals surface area contributed by atoms with Crippen molar-refractivity contribution in [1.29, 1.82) is 0 Å². The molecule has 2 heterocycles. The van der Waals surface area contributed by atoms with Crippen LogP contribution < -0.4 is 0 Å². The molecular weight excluding hydrogens is 228 g/mol. The van der Waals surface area contributed by atoms with Crippen LogP contribution in [0, 0.1) is 6.92 Å². The third kappa shape index (κ3) is 2.92. The van der Waals surface area contributed by atoms with Crippen molar-refractivity contribution in [2.24, 2.45) is 0 Å². The van der Waals surface area contributed by atoms with Gasteiger partial charge in [-0.1, -0.05) is 6.92 Å². The van der Waals surface area contributed by atoms with Crippen molar-refractivity contribution in [3.8, 4) is 0 Å². The third-order valence-electron chi connectivity index (χ3n) is 2.78. The molecule has 5 heteroatoms. The highest BCUT2D eigenvalue weighted by Crippen LogP contribution is 2.15. The summed E-state index contributed by atoms with van der Waals surface area (Å²) in [6, 6.07) is 0. The van der Waals surface area contributed by atoms with E-state index in [4.69, 9.17) is 0 Å². The van der Waals surface area contributed by atoms with Crippen molar-refractivity contribution in [2.75, 3.05) is 0 Å². The molecule has 0 aliphatic heterocycles. The van der Waals surface area contributed by atoms with Crippen LogP contribution in [0.4, 0.5) is 0 Å². The molecule has 0 bridgehead atoms. The van der Waals surface area contributed by atoms with Crippen LogP contribution in [0.2, 0.25) is 0 Å². The number of nitrogens with zero attached hydrogens (tertiary/aromatic N) is 4. The monoisotopic (exact) mass is 246 g/mol. The molecule has 1 unspecified atom stereocenters. The Morgan fingerprint density at radius 1 is 1.28 bits per heavy atom. The van der Waals surface area contributed by atoms with Gasteiger partial charge < -0.3 is 9.67 Å². The number of aliphatic hydroxyl groups excluding tert-OH is 1. The summed E-state index contributed by atoms with van der Waals surface area (Å²) in [6.07, 6.45) is 7.83. The van der Waals surface area contributed by atoms with Gasteiger partial charge in [-0.15, -0.1) is 0 Å². The maximum atomic E-state index is 10.1. The van der Waals surface area contributed by atoms with Gasteiger partial charge in [0, 0.05) is 31.6 Å². The van der Waals surface area contributed by atoms with E-state index in [1.54, 1.807) is 18.6 Å². The first-order valence-electron chi connectivity index (χ1n) is 6.17. The number of imidazole rings is 1. The maximum Gasteiger partial charge on any atom is 0.111 e. The van der Waals surface area contributed by atoms with Crippen molar-refractivity contribution in [2.45, 2.75) is 39.3 Å². The normalized spacial score (nSPS) is 12.6. The first-order chi connectivity index (χ1) is 8.70. The summed E-state index contributed by atoms with van der Waals surface area (Å²) in [6.45, 7) is 4.91. The summed E-state index contributed by atoms with van der Waals surface area (Å²) < 4.78 is 2.06. The zero-order valence-electron chi connectivity index (χ0n) is 10.7. The second-order valence-electron chi connectivity index (χ2n) is 4.34. The van der Waals surface area contributed by atoms with Crippen molar-refractivity contribution >= 4 is 0 Å². The largest absolute Gasteiger partial charge is 0.386 e. The van der Waals surface area contributed by atoms with Crippen molar-refractivity contribution in [3.63, 3.8) is 0 Å². The molecule has 0 fully saturated rings. The molecule has 1 atom stereocenters. The lowest BCUT2D eigenvalue weighted by Crippen LogP contribution is -2.10. The van der Waals surface area contributed by atoms with Gasteiger partial charge in [-0.25, -0.2) is 4.98 Å². The van der Waals surface area contributed by atoms with E-state index in [-0.39, 0.29) is 0 Å². The Morgan fingerprint density at radius 3 is 2.78 bits per heavy atom. The van der Waals surface area contributed by atoms with E-state index in [1.807, 2.05) is 13.1 Å². The Bertz CT molecular complexity index is 492. The molecule has 0 radical (unpaired) electrons. The quantitative estimate of drug-likeness (QED) is 0.871. The van der Waals surface area contributed by atoms with Gasteiger partial charge >= 0.3 is 0 Å². The predicted octanol–water partition coefficient (Wildman–Crippen LogP) is 1.67. The third-order valence-corrected chi connectivity index (χ3v) is 2.78. The van der Waals surface area contributed by atoms with E-state index in [1.165, 1.54) is 0 Å². The van der Waals surface area contributed by atoms with E-state index in [2.05, 4.69) is 26.4 Å². The molecule has 96 valence electrons. The lowest BCUT2D eigenvalue weighted by molar-refractivity contribution is 0.169. The SMILES string of the molecule is CCCn1ccnc1CC(O)c1cnc(C)cn1. The minimum atomic E-state index is -0.656. The highest BCUT2D eigenvalue weighted by molar-refractivity contribution is 5.06. The first-order valence-corrected chi connectivity index (χ1v) is 6.17. The van der Waals surface area contributed by atoms with Crippen LogP contribution in [-0.2, 0) is 13.0 Å². The first kappa shape index (κ1) is 12.7. The van der Waals surface area contributed by atoms with Crippen molar-refractivity contribution in [3.05, 3.63) is 42.0 Å². The zero-order valence-corrected chi connectivity index (χ0v) is 10.7. The zero-order chi connectivity index (χ0) is 13.0.